The highest BCUT2D eigenvalue weighted by Gasteiger charge is 2.33. The highest BCUT2D eigenvalue weighted by atomic mass is 16.2. The summed E-state index contributed by atoms with van der Waals surface area (Å²) in [5.41, 5.74) is 0. The van der Waals surface area contributed by atoms with E-state index in [1.165, 1.54) is 38.5 Å². The fourth-order valence-corrected chi connectivity index (χ4v) is 4.60. The Morgan fingerprint density at radius 3 is 2.72 bits per heavy atom. The summed E-state index contributed by atoms with van der Waals surface area (Å²) in [4.78, 5) is 14.6. The Hall–Kier alpha value is -1.63. The molecule has 0 aromatic carbocycles. The van der Waals surface area contributed by atoms with Crippen molar-refractivity contribution in [3.63, 3.8) is 0 Å². The summed E-state index contributed by atoms with van der Waals surface area (Å²) in [6.07, 6.45) is 7.45. The van der Waals surface area contributed by atoms with Crippen LogP contribution in [-0.2, 0) is 6.54 Å². The molecule has 2 N–H and O–H groups in total. The highest BCUT2D eigenvalue weighted by Crippen LogP contribution is 2.35. The summed E-state index contributed by atoms with van der Waals surface area (Å²) in [5.74, 6) is 3.21. The number of nitrogens with one attached hydrogen (secondary N) is 2. The van der Waals surface area contributed by atoms with Gasteiger partial charge < -0.3 is 20.1 Å². The molecule has 1 aromatic rings. The SMILES string of the molecule is CC1c2nnc(C3CCCC3)n2CCN1C(=O)NCC1CCCNC1. The predicted octanol–water partition coefficient (Wildman–Crippen LogP) is 2.02. The lowest BCUT2D eigenvalue weighted by molar-refractivity contribution is 0.157. The number of carbonyl (C=O) groups is 1. The van der Waals surface area contributed by atoms with E-state index in [1.54, 1.807) is 0 Å². The molecule has 1 saturated carbocycles. The van der Waals surface area contributed by atoms with Gasteiger partial charge >= 0.3 is 6.03 Å². The third-order valence-corrected chi connectivity index (χ3v) is 6.14. The van der Waals surface area contributed by atoms with Crippen molar-refractivity contribution in [2.45, 2.75) is 64.0 Å². The van der Waals surface area contributed by atoms with Crippen molar-refractivity contribution in [3.05, 3.63) is 11.6 Å². The fourth-order valence-electron chi connectivity index (χ4n) is 4.60. The number of hydrogen-bond acceptors (Lipinski definition) is 4. The maximum atomic E-state index is 12.7. The van der Waals surface area contributed by atoms with Crippen LogP contribution in [-0.4, -0.2) is 51.9 Å². The van der Waals surface area contributed by atoms with Gasteiger partial charge in [0.2, 0.25) is 0 Å². The maximum Gasteiger partial charge on any atom is 0.318 e. The second-order valence-electron chi connectivity index (χ2n) is 7.82. The van der Waals surface area contributed by atoms with E-state index in [0.29, 0.717) is 11.8 Å². The van der Waals surface area contributed by atoms with Gasteiger partial charge in [-0.15, -0.1) is 10.2 Å². The molecule has 0 spiro atoms. The van der Waals surface area contributed by atoms with Gasteiger partial charge in [-0.2, -0.15) is 0 Å². The quantitative estimate of drug-likeness (QED) is 0.878. The minimum Gasteiger partial charge on any atom is -0.338 e. The molecule has 7 nitrogen and oxygen atoms in total. The van der Waals surface area contributed by atoms with Gasteiger partial charge in [0.15, 0.2) is 5.82 Å². The monoisotopic (exact) mass is 346 g/mol. The lowest BCUT2D eigenvalue weighted by Gasteiger charge is -2.34. The first-order chi connectivity index (χ1) is 12.2. The zero-order valence-corrected chi connectivity index (χ0v) is 15.2. The number of carbonyl (C=O) groups excluding carboxylic acids is 1. The van der Waals surface area contributed by atoms with Gasteiger partial charge in [0.05, 0.1) is 6.04 Å². The van der Waals surface area contributed by atoms with Crippen molar-refractivity contribution in [2.24, 2.45) is 5.92 Å². The second-order valence-corrected chi connectivity index (χ2v) is 7.82. The van der Waals surface area contributed by atoms with Crippen molar-refractivity contribution in [1.82, 2.24) is 30.3 Å². The molecule has 3 heterocycles. The molecular weight excluding hydrogens is 316 g/mol. The number of nitrogens with zero attached hydrogens (tertiary/aromatic N) is 4. The molecule has 25 heavy (non-hydrogen) atoms. The van der Waals surface area contributed by atoms with Crippen molar-refractivity contribution in [1.29, 1.82) is 0 Å². The lowest BCUT2D eigenvalue weighted by atomic mass is 10.00. The highest BCUT2D eigenvalue weighted by molar-refractivity contribution is 5.74. The van der Waals surface area contributed by atoms with E-state index in [2.05, 4.69) is 32.3 Å². The first-order valence-electron chi connectivity index (χ1n) is 9.92. The first-order valence-corrected chi connectivity index (χ1v) is 9.92. The molecule has 1 aliphatic carbocycles. The Labute approximate surface area is 149 Å². The number of rotatable bonds is 3. The van der Waals surface area contributed by atoms with Crippen LogP contribution in [0.3, 0.4) is 0 Å². The fraction of sp³-hybridized carbons (Fsp3) is 0.833. The Bertz CT molecular complexity index is 603. The molecule has 4 rings (SSSR count). The number of amides is 2. The number of urea groups is 1. The molecule has 0 bridgehead atoms. The van der Waals surface area contributed by atoms with Crippen LogP contribution >= 0.6 is 0 Å². The molecule has 2 amide bonds. The van der Waals surface area contributed by atoms with Crippen LogP contribution in [0.25, 0.3) is 0 Å². The van der Waals surface area contributed by atoms with Gasteiger partial charge in [0.1, 0.15) is 5.82 Å². The molecule has 1 saturated heterocycles. The standard InChI is InChI=1S/C18H30N6O/c1-13-16-21-22-17(15-6-2-3-7-15)24(16)10-9-23(13)18(25)20-12-14-5-4-8-19-11-14/h13-15,19H,2-12H2,1H3,(H,20,25). The van der Waals surface area contributed by atoms with Gasteiger partial charge in [0.25, 0.3) is 0 Å². The average molecular weight is 346 g/mol. The summed E-state index contributed by atoms with van der Waals surface area (Å²) in [5, 5.41) is 15.5. The molecule has 1 aromatic heterocycles. The largest absolute Gasteiger partial charge is 0.338 e. The third kappa shape index (κ3) is 3.38. The van der Waals surface area contributed by atoms with Crippen LogP contribution in [0, 0.1) is 5.92 Å². The Balaban J connectivity index is 1.39. The summed E-state index contributed by atoms with van der Waals surface area (Å²) in [7, 11) is 0. The molecule has 2 unspecified atom stereocenters. The van der Waals surface area contributed by atoms with E-state index in [0.717, 1.165) is 44.4 Å². The van der Waals surface area contributed by atoms with Gasteiger partial charge in [-0.05, 0) is 51.6 Å². The zero-order chi connectivity index (χ0) is 17.2. The number of fused-ring (bicyclic) bond motifs is 1. The van der Waals surface area contributed by atoms with E-state index < -0.39 is 0 Å². The summed E-state index contributed by atoms with van der Waals surface area (Å²) in [6.45, 7) is 6.49. The van der Waals surface area contributed by atoms with E-state index in [4.69, 9.17) is 0 Å². The average Bonchev–Trinajstić information content (AvgIpc) is 3.30. The van der Waals surface area contributed by atoms with Crippen LogP contribution in [0.5, 0.6) is 0 Å². The molecule has 2 aliphatic heterocycles. The molecule has 0 radical (unpaired) electrons. The van der Waals surface area contributed by atoms with Crippen molar-refractivity contribution in [2.75, 3.05) is 26.2 Å². The van der Waals surface area contributed by atoms with E-state index in [-0.39, 0.29) is 12.1 Å². The van der Waals surface area contributed by atoms with Crippen LogP contribution in [0.15, 0.2) is 0 Å². The number of hydrogen-bond donors (Lipinski definition) is 2. The van der Waals surface area contributed by atoms with Crippen LogP contribution in [0.2, 0.25) is 0 Å². The van der Waals surface area contributed by atoms with Gasteiger partial charge in [0, 0.05) is 25.6 Å². The van der Waals surface area contributed by atoms with Crippen LogP contribution < -0.4 is 10.6 Å². The smallest absolute Gasteiger partial charge is 0.318 e. The van der Waals surface area contributed by atoms with E-state index >= 15 is 0 Å². The summed E-state index contributed by atoms with van der Waals surface area (Å²) < 4.78 is 2.27. The molecule has 2 atom stereocenters. The molecule has 138 valence electrons. The lowest BCUT2D eigenvalue weighted by Crippen LogP contribution is -2.48. The van der Waals surface area contributed by atoms with Crippen LogP contribution in [0.1, 0.15) is 69.1 Å². The minimum absolute atomic E-state index is 0.0131. The van der Waals surface area contributed by atoms with Crippen LogP contribution in [0.4, 0.5) is 4.79 Å². The first kappa shape index (κ1) is 16.8. The van der Waals surface area contributed by atoms with Crippen molar-refractivity contribution in [3.8, 4) is 0 Å². The number of aromatic nitrogens is 3. The maximum absolute atomic E-state index is 12.7. The van der Waals surface area contributed by atoms with Crippen molar-refractivity contribution >= 4 is 6.03 Å². The summed E-state index contributed by atoms with van der Waals surface area (Å²) in [6, 6.07) is 0.0237. The van der Waals surface area contributed by atoms with Crippen molar-refractivity contribution < 1.29 is 4.79 Å². The summed E-state index contributed by atoms with van der Waals surface area (Å²) >= 11 is 0. The second kappa shape index (κ2) is 7.32. The Morgan fingerprint density at radius 1 is 1.16 bits per heavy atom. The van der Waals surface area contributed by atoms with E-state index in [9.17, 15) is 4.79 Å². The Kier molecular flexibility index (Phi) is 4.92. The molecule has 2 fully saturated rings. The molecular formula is C18H30N6O. The van der Waals surface area contributed by atoms with E-state index in [1.807, 2.05) is 4.90 Å². The van der Waals surface area contributed by atoms with Gasteiger partial charge in [-0.25, -0.2) is 4.79 Å². The van der Waals surface area contributed by atoms with Gasteiger partial charge in [-0.1, -0.05) is 12.8 Å². The minimum atomic E-state index is -0.0131. The zero-order valence-electron chi connectivity index (χ0n) is 15.2. The number of piperidine rings is 1. The Morgan fingerprint density at radius 2 is 1.96 bits per heavy atom. The van der Waals surface area contributed by atoms with Gasteiger partial charge in [-0.3, -0.25) is 0 Å². The predicted molar refractivity (Wildman–Crippen MR) is 95.3 cm³/mol. The molecule has 3 aliphatic rings. The third-order valence-electron chi connectivity index (χ3n) is 6.14. The topological polar surface area (TPSA) is 75.1 Å². The normalized spacial score (nSPS) is 27.3. The molecule has 7 heteroatoms.